The van der Waals surface area contributed by atoms with E-state index < -0.39 is 5.54 Å². The first-order chi connectivity index (χ1) is 6.51. The maximum atomic E-state index is 9.28. The highest BCUT2D eigenvalue weighted by molar-refractivity contribution is 5.43. The van der Waals surface area contributed by atoms with Gasteiger partial charge in [-0.25, -0.2) is 0 Å². The first-order valence-electron chi connectivity index (χ1n) is 4.51. The summed E-state index contributed by atoms with van der Waals surface area (Å²) in [5, 5.41) is 27.6. The van der Waals surface area contributed by atoms with Crippen molar-refractivity contribution in [3.63, 3.8) is 0 Å². The molecule has 0 amide bonds. The maximum Gasteiger partial charge on any atom is 0.157 e. The van der Waals surface area contributed by atoms with E-state index in [4.69, 9.17) is 10.8 Å². The third-order valence-corrected chi connectivity index (χ3v) is 2.75. The summed E-state index contributed by atoms with van der Waals surface area (Å²) in [7, 11) is 0. The summed E-state index contributed by atoms with van der Waals surface area (Å²) in [6.45, 7) is 0. The van der Waals surface area contributed by atoms with E-state index in [-0.39, 0.29) is 17.6 Å². The van der Waals surface area contributed by atoms with E-state index in [1.165, 1.54) is 12.1 Å². The SMILES string of the molecule is NC1(c2ccc(O)c(O)c2)CC(O)C1. The number of hydrogen-bond acceptors (Lipinski definition) is 4. The molecule has 1 aliphatic rings. The third kappa shape index (κ3) is 1.32. The van der Waals surface area contributed by atoms with E-state index in [0.29, 0.717) is 12.8 Å². The Labute approximate surface area is 81.6 Å². The molecule has 76 valence electrons. The smallest absolute Gasteiger partial charge is 0.157 e. The quantitative estimate of drug-likeness (QED) is 0.489. The van der Waals surface area contributed by atoms with Gasteiger partial charge in [0.1, 0.15) is 0 Å². The topological polar surface area (TPSA) is 86.7 Å². The van der Waals surface area contributed by atoms with Gasteiger partial charge in [-0.1, -0.05) is 6.07 Å². The van der Waals surface area contributed by atoms with Gasteiger partial charge in [-0.2, -0.15) is 0 Å². The molecule has 0 spiro atoms. The minimum atomic E-state index is -0.551. The van der Waals surface area contributed by atoms with Crippen molar-refractivity contribution in [2.45, 2.75) is 24.5 Å². The van der Waals surface area contributed by atoms with Gasteiger partial charge < -0.3 is 21.1 Å². The molecule has 1 aliphatic carbocycles. The van der Waals surface area contributed by atoms with E-state index in [0.717, 1.165) is 5.56 Å². The van der Waals surface area contributed by atoms with Crippen LogP contribution in [0.2, 0.25) is 0 Å². The summed E-state index contributed by atoms with van der Waals surface area (Å²) in [5.74, 6) is -0.328. The molecule has 0 radical (unpaired) electrons. The Bertz CT molecular complexity index is 358. The van der Waals surface area contributed by atoms with Crippen molar-refractivity contribution in [3.05, 3.63) is 23.8 Å². The van der Waals surface area contributed by atoms with E-state index >= 15 is 0 Å². The zero-order valence-corrected chi connectivity index (χ0v) is 7.64. The summed E-state index contributed by atoms with van der Waals surface area (Å²) in [6, 6.07) is 4.52. The standard InChI is InChI=1S/C10H13NO3/c11-10(4-7(12)5-10)6-1-2-8(13)9(14)3-6/h1-3,7,12-14H,4-5,11H2. The summed E-state index contributed by atoms with van der Waals surface area (Å²) in [4.78, 5) is 0. The molecule has 1 aromatic carbocycles. The fourth-order valence-electron chi connectivity index (χ4n) is 1.85. The van der Waals surface area contributed by atoms with Crippen LogP contribution in [-0.4, -0.2) is 21.4 Å². The monoisotopic (exact) mass is 195 g/mol. The Morgan fingerprint density at radius 3 is 2.36 bits per heavy atom. The first kappa shape index (κ1) is 9.30. The highest BCUT2D eigenvalue weighted by atomic mass is 16.3. The Balaban J connectivity index is 2.29. The second-order valence-electron chi connectivity index (χ2n) is 3.92. The van der Waals surface area contributed by atoms with E-state index in [2.05, 4.69) is 0 Å². The highest BCUT2D eigenvalue weighted by Gasteiger charge is 2.41. The van der Waals surface area contributed by atoms with Crippen molar-refractivity contribution in [3.8, 4) is 11.5 Å². The zero-order chi connectivity index (χ0) is 10.3. The van der Waals surface area contributed by atoms with Gasteiger partial charge in [-0.3, -0.25) is 0 Å². The van der Waals surface area contributed by atoms with Crippen LogP contribution in [0.1, 0.15) is 18.4 Å². The summed E-state index contributed by atoms with van der Waals surface area (Å²) in [5.41, 5.74) is 6.18. The molecule has 1 fully saturated rings. The third-order valence-electron chi connectivity index (χ3n) is 2.75. The second-order valence-corrected chi connectivity index (χ2v) is 3.92. The largest absolute Gasteiger partial charge is 0.504 e. The molecule has 0 heterocycles. The fraction of sp³-hybridized carbons (Fsp3) is 0.400. The van der Waals surface area contributed by atoms with Crippen molar-refractivity contribution in [1.29, 1.82) is 0 Å². The van der Waals surface area contributed by atoms with Crippen LogP contribution in [0.4, 0.5) is 0 Å². The zero-order valence-electron chi connectivity index (χ0n) is 7.64. The molecule has 0 aromatic heterocycles. The van der Waals surface area contributed by atoms with Crippen molar-refractivity contribution < 1.29 is 15.3 Å². The number of aliphatic hydroxyl groups is 1. The minimum Gasteiger partial charge on any atom is -0.504 e. The van der Waals surface area contributed by atoms with Gasteiger partial charge in [0, 0.05) is 5.54 Å². The fourth-order valence-corrected chi connectivity index (χ4v) is 1.85. The van der Waals surface area contributed by atoms with Crippen LogP contribution < -0.4 is 5.73 Å². The highest BCUT2D eigenvalue weighted by Crippen LogP contribution is 2.41. The molecule has 5 N–H and O–H groups in total. The summed E-state index contributed by atoms with van der Waals surface area (Å²) >= 11 is 0. The Morgan fingerprint density at radius 1 is 1.21 bits per heavy atom. The molecule has 4 nitrogen and oxygen atoms in total. The maximum absolute atomic E-state index is 9.28. The molecular weight excluding hydrogens is 182 g/mol. The molecule has 1 aromatic rings. The molecule has 4 heteroatoms. The Hall–Kier alpha value is -1.26. The molecule has 0 unspecified atom stereocenters. The predicted molar refractivity (Wildman–Crippen MR) is 50.9 cm³/mol. The van der Waals surface area contributed by atoms with Gasteiger partial charge in [0.2, 0.25) is 0 Å². The average molecular weight is 195 g/mol. The number of phenols is 2. The number of rotatable bonds is 1. The van der Waals surface area contributed by atoms with Crippen LogP contribution in [0.25, 0.3) is 0 Å². The van der Waals surface area contributed by atoms with Gasteiger partial charge in [0.05, 0.1) is 6.10 Å². The van der Waals surface area contributed by atoms with E-state index in [9.17, 15) is 10.2 Å². The number of benzene rings is 1. The molecule has 1 saturated carbocycles. The van der Waals surface area contributed by atoms with Crippen LogP contribution in [0.3, 0.4) is 0 Å². The van der Waals surface area contributed by atoms with Gasteiger partial charge in [0.25, 0.3) is 0 Å². The molecule has 14 heavy (non-hydrogen) atoms. The molecule has 0 saturated heterocycles. The van der Waals surface area contributed by atoms with Crippen molar-refractivity contribution in [2.75, 3.05) is 0 Å². The molecule has 0 atom stereocenters. The number of hydrogen-bond donors (Lipinski definition) is 4. The number of nitrogens with two attached hydrogens (primary N) is 1. The minimum absolute atomic E-state index is 0.155. The van der Waals surface area contributed by atoms with Crippen LogP contribution in [-0.2, 0) is 5.54 Å². The van der Waals surface area contributed by atoms with Gasteiger partial charge >= 0.3 is 0 Å². The number of aromatic hydroxyl groups is 2. The van der Waals surface area contributed by atoms with Crippen molar-refractivity contribution in [1.82, 2.24) is 0 Å². The lowest BCUT2D eigenvalue weighted by atomic mass is 9.70. The number of phenolic OH excluding ortho intramolecular Hbond substituents is 2. The first-order valence-corrected chi connectivity index (χ1v) is 4.51. The van der Waals surface area contributed by atoms with Crippen molar-refractivity contribution in [2.24, 2.45) is 5.73 Å². The Morgan fingerprint density at radius 2 is 1.86 bits per heavy atom. The number of aliphatic hydroxyl groups excluding tert-OH is 1. The van der Waals surface area contributed by atoms with Gasteiger partial charge in [-0.05, 0) is 30.5 Å². The average Bonchev–Trinajstić information content (AvgIpc) is 2.07. The lowest BCUT2D eigenvalue weighted by molar-refractivity contribution is 0.0208. The van der Waals surface area contributed by atoms with Crippen LogP contribution in [0.15, 0.2) is 18.2 Å². The Kier molecular flexibility index (Phi) is 1.90. The van der Waals surface area contributed by atoms with Crippen LogP contribution in [0.5, 0.6) is 11.5 Å². The summed E-state index contributed by atoms with van der Waals surface area (Å²) < 4.78 is 0. The second kappa shape index (κ2) is 2.87. The molecule has 0 aliphatic heterocycles. The lowest BCUT2D eigenvalue weighted by Crippen LogP contribution is -2.51. The van der Waals surface area contributed by atoms with Crippen LogP contribution >= 0.6 is 0 Å². The van der Waals surface area contributed by atoms with E-state index in [1.807, 2.05) is 0 Å². The predicted octanol–water partition coefficient (Wildman–Crippen LogP) is 0.407. The van der Waals surface area contributed by atoms with Crippen molar-refractivity contribution >= 4 is 0 Å². The molecule has 2 rings (SSSR count). The molecular formula is C10H13NO3. The lowest BCUT2D eigenvalue weighted by Gasteiger charge is -2.42. The van der Waals surface area contributed by atoms with E-state index in [1.54, 1.807) is 6.07 Å². The van der Waals surface area contributed by atoms with Gasteiger partial charge in [-0.15, -0.1) is 0 Å². The summed E-state index contributed by atoms with van der Waals surface area (Å²) in [6.07, 6.45) is 0.643. The molecule has 0 bridgehead atoms. The van der Waals surface area contributed by atoms with Gasteiger partial charge in [0.15, 0.2) is 11.5 Å². The normalized spacial score (nSPS) is 31.1. The van der Waals surface area contributed by atoms with Crippen LogP contribution in [0, 0.1) is 0 Å².